The lowest BCUT2D eigenvalue weighted by atomic mass is 10.1. The van der Waals surface area contributed by atoms with Gasteiger partial charge in [-0.05, 0) is 48.6 Å². The van der Waals surface area contributed by atoms with Crippen molar-refractivity contribution in [3.8, 4) is 0 Å². The van der Waals surface area contributed by atoms with Crippen LogP contribution in [0.3, 0.4) is 0 Å². The SMILES string of the molecule is CCCOC(=O)c1cccc(NC(=O)c2ccc(CSC)cc2)c1. The van der Waals surface area contributed by atoms with E-state index in [0.717, 1.165) is 12.2 Å². The normalized spacial score (nSPS) is 10.2. The number of hydrogen-bond acceptors (Lipinski definition) is 4. The summed E-state index contributed by atoms with van der Waals surface area (Å²) in [6.45, 7) is 2.33. The van der Waals surface area contributed by atoms with Gasteiger partial charge < -0.3 is 10.1 Å². The van der Waals surface area contributed by atoms with Crippen molar-refractivity contribution in [1.29, 1.82) is 0 Å². The second kappa shape index (κ2) is 9.13. The molecule has 24 heavy (non-hydrogen) atoms. The van der Waals surface area contributed by atoms with Crippen LogP contribution in [0.25, 0.3) is 0 Å². The molecule has 0 spiro atoms. The van der Waals surface area contributed by atoms with E-state index in [0.29, 0.717) is 23.4 Å². The Morgan fingerprint density at radius 2 is 1.83 bits per heavy atom. The Labute approximate surface area is 146 Å². The van der Waals surface area contributed by atoms with Gasteiger partial charge in [0.1, 0.15) is 0 Å². The first-order valence-electron chi connectivity index (χ1n) is 7.80. The minimum absolute atomic E-state index is 0.204. The van der Waals surface area contributed by atoms with E-state index in [1.165, 1.54) is 5.56 Å². The third-order valence-electron chi connectivity index (χ3n) is 3.32. The zero-order valence-corrected chi connectivity index (χ0v) is 14.7. The zero-order valence-electron chi connectivity index (χ0n) is 13.9. The highest BCUT2D eigenvalue weighted by molar-refractivity contribution is 7.97. The van der Waals surface area contributed by atoms with E-state index in [9.17, 15) is 9.59 Å². The Hall–Kier alpha value is -2.27. The topological polar surface area (TPSA) is 55.4 Å². The Bertz CT molecular complexity index is 698. The lowest BCUT2D eigenvalue weighted by Gasteiger charge is -2.08. The molecule has 0 aliphatic carbocycles. The Morgan fingerprint density at radius 1 is 1.08 bits per heavy atom. The predicted molar refractivity (Wildman–Crippen MR) is 98.6 cm³/mol. The molecule has 1 N–H and O–H groups in total. The van der Waals surface area contributed by atoms with Crippen LogP contribution in [0.15, 0.2) is 48.5 Å². The summed E-state index contributed by atoms with van der Waals surface area (Å²) in [5.41, 5.74) is 2.76. The number of carbonyl (C=O) groups is 2. The van der Waals surface area contributed by atoms with Crippen molar-refractivity contribution in [2.45, 2.75) is 19.1 Å². The van der Waals surface area contributed by atoms with Gasteiger partial charge in [0.15, 0.2) is 0 Å². The molecule has 5 heteroatoms. The molecule has 0 aliphatic rings. The maximum atomic E-state index is 12.3. The highest BCUT2D eigenvalue weighted by Gasteiger charge is 2.10. The van der Waals surface area contributed by atoms with E-state index in [1.807, 2.05) is 25.3 Å². The molecule has 126 valence electrons. The summed E-state index contributed by atoms with van der Waals surface area (Å²) in [6.07, 6.45) is 2.81. The fourth-order valence-corrected chi connectivity index (χ4v) is 2.65. The number of esters is 1. The molecule has 2 aromatic rings. The summed E-state index contributed by atoms with van der Waals surface area (Å²) in [6, 6.07) is 14.3. The summed E-state index contributed by atoms with van der Waals surface area (Å²) in [5, 5.41) is 2.81. The first kappa shape index (κ1) is 18.1. The van der Waals surface area contributed by atoms with Gasteiger partial charge in [0.25, 0.3) is 5.91 Å². The number of nitrogens with one attached hydrogen (secondary N) is 1. The third-order valence-corrected chi connectivity index (χ3v) is 3.94. The second-order valence-corrected chi connectivity index (χ2v) is 6.17. The lowest BCUT2D eigenvalue weighted by molar-refractivity contribution is 0.0505. The molecule has 0 fully saturated rings. The maximum Gasteiger partial charge on any atom is 0.338 e. The van der Waals surface area contributed by atoms with Crippen LogP contribution in [-0.4, -0.2) is 24.7 Å². The van der Waals surface area contributed by atoms with Gasteiger partial charge in [-0.3, -0.25) is 4.79 Å². The largest absolute Gasteiger partial charge is 0.462 e. The molecule has 0 bridgehead atoms. The number of hydrogen-bond donors (Lipinski definition) is 1. The molecule has 0 atom stereocenters. The standard InChI is InChI=1S/C19H21NO3S/c1-3-11-23-19(22)16-5-4-6-17(12-16)20-18(21)15-9-7-14(8-10-15)13-24-2/h4-10,12H,3,11,13H2,1-2H3,(H,20,21). The van der Waals surface area contributed by atoms with Crippen LogP contribution >= 0.6 is 11.8 Å². The molecule has 4 nitrogen and oxygen atoms in total. The molecule has 0 aliphatic heterocycles. The van der Waals surface area contributed by atoms with Gasteiger partial charge in [0, 0.05) is 17.0 Å². The number of carbonyl (C=O) groups excluding carboxylic acids is 2. The van der Waals surface area contributed by atoms with Gasteiger partial charge in [0.05, 0.1) is 12.2 Å². The molecule has 0 aromatic heterocycles. The number of anilines is 1. The summed E-state index contributed by atoms with van der Waals surface area (Å²) >= 11 is 1.74. The molecule has 1 amide bonds. The van der Waals surface area contributed by atoms with Gasteiger partial charge in [-0.2, -0.15) is 11.8 Å². The molecule has 0 saturated carbocycles. The van der Waals surface area contributed by atoms with E-state index < -0.39 is 0 Å². The molecule has 2 rings (SSSR count). The van der Waals surface area contributed by atoms with Crippen molar-refractivity contribution in [3.05, 3.63) is 65.2 Å². The fraction of sp³-hybridized carbons (Fsp3) is 0.263. The van der Waals surface area contributed by atoms with E-state index >= 15 is 0 Å². The Kier molecular flexibility index (Phi) is 6.88. The highest BCUT2D eigenvalue weighted by atomic mass is 32.2. The number of thioether (sulfide) groups is 1. The van der Waals surface area contributed by atoms with Crippen LogP contribution in [0.1, 0.15) is 39.6 Å². The first-order valence-corrected chi connectivity index (χ1v) is 9.20. The summed E-state index contributed by atoms with van der Waals surface area (Å²) < 4.78 is 5.10. The van der Waals surface area contributed by atoms with Gasteiger partial charge in [-0.1, -0.05) is 25.1 Å². The van der Waals surface area contributed by atoms with Gasteiger partial charge in [-0.15, -0.1) is 0 Å². The zero-order chi connectivity index (χ0) is 17.4. The van der Waals surface area contributed by atoms with Crippen LogP contribution in [0.2, 0.25) is 0 Å². The molecular weight excluding hydrogens is 322 g/mol. The van der Waals surface area contributed by atoms with Crippen LogP contribution in [0.4, 0.5) is 5.69 Å². The van der Waals surface area contributed by atoms with Crippen molar-refractivity contribution in [2.24, 2.45) is 0 Å². The summed E-state index contributed by atoms with van der Waals surface area (Å²) in [7, 11) is 0. The maximum absolute atomic E-state index is 12.3. The van der Waals surface area contributed by atoms with Crippen molar-refractivity contribution < 1.29 is 14.3 Å². The van der Waals surface area contributed by atoms with Crippen LogP contribution in [0, 0.1) is 0 Å². The van der Waals surface area contributed by atoms with Crippen molar-refractivity contribution in [2.75, 3.05) is 18.2 Å². The number of benzene rings is 2. The predicted octanol–water partition coefficient (Wildman–Crippen LogP) is 4.37. The molecule has 0 radical (unpaired) electrons. The molecule has 0 heterocycles. The Balaban J connectivity index is 2.04. The van der Waals surface area contributed by atoms with Crippen LogP contribution in [0.5, 0.6) is 0 Å². The quantitative estimate of drug-likeness (QED) is 0.759. The Morgan fingerprint density at radius 3 is 2.50 bits per heavy atom. The molecule has 0 saturated heterocycles. The highest BCUT2D eigenvalue weighted by Crippen LogP contribution is 2.15. The minimum Gasteiger partial charge on any atom is -0.462 e. The van der Waals surface area contributed by atoms with Gasteiger partial charge in [-0.25, -0.2) is 4.79 Å². The van der Waals surface area contributed by atoms with Crippen molar-refractivity contribution in [3.63, 3.8) is 0 Å². The van der Waals surface area contributed by atoms with Crippen LogP contribution < -0.4 is 5.32 Å². The second-order valence-electron chi connectivity index (χ2n) is 5.30. The number of rotatable bonds is 7. The minimum atomic E-state index is -0.380. The van der Waals surface area contributed by atoms with E-state index in [1.54, 1.807) is 48.2 Å². The van der Waals surface area contributed by atoms with Gasteiger partial charge in [0.2, 0.25) is 0 Å². The molecular formula is C19H21NO3S. The van der Waals surface area contributed by atoms with Gasteiger partial charge >= 0.3 is 5.97 Å². The summed E-state index contributed by atoms with van der Waals surface area (Å²) in [5.74, 6) is 0.336. The molecule has 0 unspecified atom stereocenters. The first-order chi connectivity index (χ1) is 11.6. The average molecular weight is 343 g/mol. The average Bonchev–Trinajstić information content (AvgIpc) is 2.60. The van der Waals surface area contributed by atoms with Crippen molar-refractivity contribution in [1.82, 2.24) is 0 Å². The van der Waals surface area contributed by atoms with E-state index in [2.05, 4.69) is 5.32 Å². The summed E-state index contributed by atoms with van der Waals surface area (Å²) in [4.78, 5) is 24.2. The van der Waals surface area contributed by atoms with Crippen LogP contribution in [-0.2, 0) is 10.5 Å². The number of amides is 1. The smallest absolute Gasteiger partial charge is 0.338 e. The fourth-order valence-electron chi connectivity index (χ4n) is 2.12. The lowest BCUT2D eigenvalue weighted by Crippen LogP contribution is -2.13. The number of ether oxygens (including phenoxy) is 1. The van der Waals surface area contributed by atoms with E-state index in [-0.39, 0.29) is 11.9 Å². The monoisotopic (exact) mass is 343 g/mol. The van der Waals surface area contributed by atoms with Crippen molar-refractivity contribution >= 4 is 29.3 Å². The van der Waals surface area contributed by atoms with E-state index in [4.69, 9.17) is 4.74 Å². The molecule has 2 aromatic carbocycles. The third kappa shape index (κ3) is 5.13.